The molecule has 8 heteroatoms. The second-order valence-corrected chi connectivity index (χ2v) is 6.55. The van der Waals surface area contributed by atoms with Gasteiger partial charge in [0.05, 0.1) is 38.3 Å². The van der Waals surface area contributed by atoms with Crippen LogP contribution < -0.4 is 9.47 Å². The maximum absolute atomic E-state index is 5.18. The van der Waals surface area contributed by atoms with Gasteiger partial charge in [0.2, 0.25) is 0 Å². The topological polar surface area (TPSA) is 53.1 Å². The molecular formula is C16H14Br2N4O2. The van der Waals surface area contributed by atoms with Crippen LogP contribution in [0, 0.1) is 0 Å². The number of halogens is 2. The summed E-state index contributed by atoms with van der Waals surface area (Å²) in [5.41, 5.74) is 2.01. The van der Waals surface area contributed by atoms with Crippen LogP contribution in [0.4, 0.5) is 0 Å². The van der Waals surface area contributed by atoms with Gasteiger partial charge in [-0.05, 0) is 56.1 Å². The van der Waals surface area contributed by atoms with Gasteiger partial charge >= 0.3 is 0 Å². The average molecular weight is 454 g/mol. The molecule has 24 heavy (non-hydrogen) atoms. The number of nitrogens with zero attached hydrogens (tertiary/aromatic N) is 4. The maximum atomic E-state index is 5.18. The summed E-state index contributed by atoms with van der Waals surface area (Å²) in [7, 11) is 3.28. The first-order valence-corrected chi connectivity index (χ1v) is 8.54. The van der Waals surface area contributed by atoms with Gasteiger partial charge in [-0.1, -0.05) is 0 Å². The van der Waals surface area contributed by atoms with Gasteiger partial charge in [0, 0.05) is 15.1 Å². The molecule has 124 valence electrons. The summed E-state index contributed by atoms with van der Waals surface area (Å²) >= 11 is 6.79. The Morgan fingerprint density at radius 3 is 2.21 bits per heavy atom. The SMILES string of the molecule is COc1cc(Br)c2ccnn2c1.COc1cc(Br)cn2nccc12. The quantitative estimate of drug-likeness (QED) is 0.456. The van der Waals surface area contributed by atoms with E-state index in [0.717, 1.165) is 31.5 Å². The molecule has 0 amide bonds. The van der Waals surface area contributed by atoms with Crippen molar-refractivity contribution >= 4 is 42.9 Å². The fourth-order valence-corrected chi connectivity index (χ4v) is 3.14. The molecule has 4 rings (SSSR count). The van der Waals surface area contributed by atoms with Crippen LogP contribution in [0.3, 0.4) is 0 Å². The number of ether oxygens (including phenoxy) is 2. The van der Waals surface area contributed by atoms with Crippen molar-refractivity contribution in [1.29, 1.82) is 0 Å². The number of methoxy groups -OCH3 is 2. The van der Waals surface area contributed by atoms with Crippen LogP contribution in [0.2, 0.25) is 0 Å². The smallest absolute Gasteiger partial charge is 0.145 e. The highest BCUT2D eigenvalue weighted by molar-refractivity contribution is 9.11. The third-order valence-electron chi connectivity index (χ3n) is 3.33. The highest BCUT2D eigenvalue weighted by Crippen LogP contribution is 2.24. The van der Waals surface area contributed by atoms with E-state index < -0.39 is 0 Å². The zero-order valence-electron chi connectivity index (χ0n) is 13.0. The van der Waals surface area contributed by atoms with Crippen molar-refractivity contribution in [3.63, 3.8) is 0 Å². The van der Waals surface area contributed by atoms with Gasteiger partial charge in [0.25, 0.3) is 0 Å². The minimum atomic E-state index is 0.790. The molecule has 0 fully saturated rings. The second-order valence-electron chi connectivity index (χ2n) is 4.78. The molecule has 6 nitrogen and oxygen atoms in total. The van der Waals surface area contributed by atoms with Gasteiger partial charge < -0.3 is 9.47 Å². The van der Waals surface area contributed by atoms with E-state index in [9.17, 15) is 0 Å². The molecule has 0 unspecified atom stereocenters. The highest BCUT2D eigenvalue weighted by Gasteiger charge is 2.03. The summed E-state index contributed by atoms with van der Waals surface area (Å²) < 4.78 is 15.7. The molecule has 0 aromatic carbocycles. The Balaban J connectivity index is 0.000000141. The van der Waals surface area contributed by atoms with Crippen LogP contribution in [0.25, 0.3) is 11.0 Å². The van der Waals surface area contributed by atoms with E-state index in [2.05, 4.69) is 42.1 Å². The second kappa shape index (κ2) is 7.23. The van der Waals surface area contributed by atoms with E-state index in [1.165, 1.54) is 0 Å². The fourth-order valence-electron chi connectivity index (χ4n) is 2.20. The molecular weight excluding hydrogens is 440 g/mol. The van der Waals surface area contributed by atoms with Crippen LogP contribution in [-0.4, -0.2) is 33.4 Å². The lowest BCUT2D eigenvalue weighted by molar-refractivity contribution is 0.411. The van der Waals surface area contributed by atoms with Gasteiger partial charge in [-0.2, -0.15) is 10.2 Å². The Morgan fingerprint density at radius 1 is 0.875 bits per heavy atom. The van der Waals surface area contributed by atoms with Crippen LogP contribution in [0.5, 0.6) is 11.5 Å². The normalized spacial score (nSPS) is 10.5. The van der Waals surface area contributed by atoms with Gasteiger partial charge in [-0.3, -0.25) is 0 Å². The predicted molar refractivity (Wildman–Crippen MR) is 98.9 cm³/mol. The van der Waals surface area contributed by atoms with Gasteiger partial charge in [-0.15, -0.1) is 0 Å². The van der Waals surface area contributed by atoms with Crippen molar-refractivity contribution in [1.82, 2.24) is 19.2 Å². The standard InChI is InChI=1S/2C8H7BrN2O/c1-12-6-4-7(9)8-2-3-10-11(8)5-6;1-12-8-4-6(9)5-11-7(8)2-3-10-11/h2*2-5H,1H3. The Morgan fingerprint density at radius 2 is 1.54 bits per heavy atom. The monoisotopic (exact) mass is 452 g/mol. The number of hydrogen-bond donors (Lipinski definition) is 0. The molecule has 4 aromatic heterocycles. The molecule has 0 saturated carbocycles. The summed E-state index contributed by atoms with van der Waals surface area (Å²) in [6, 6.07) is 7.67. The van der Waals surface area contributed by atoms with Crippen molar-refractivity contribution in [2.75, 3.05) is 14.2 Å². The summed E-state index contributed by atoms with van der Waals surface area (Å²) in [6.45, 7) is 0. The first-order chi connectivity index (χ1) is 11.6. The molecule has 0 radical (unpaired) electrons. The maximum Gasteiger partial charge on any atom is 0.145 e. The van der Waals surface area contributed by atoms with Gasteiger partial charge in [0.1, 0.15) is 17.0 Å². The third-order valence-corrected chi connectivity index (χ3v) is 4.40. The molecule has 4 aromatic rings. The van der Waals surface area contributed by atoms with Crippen molar-refractivity contribution in [2.45, 2.75) is 0 Å². The Kier molecular flexibility index (Phi) is 5.06. The summed E-state index contributed by atoms with van der Waals surface area (Å²) in [5, 5.41) is 8.19. The van der Waals surface area contributed by atoms with Crippen molar-refractivity contribution in [3.05, 3.63) is 58.0 Å². The van der Waals surface area contributed by atoms with Gasteiger partial charge in [-0.25, -0.2) is 9.03 Å². The van der Waals surface area contributed by atoms with Crippen molar-refractivity contribution in [3.8, 4) is 11.5 Å². The van der Waals surface area contributed by atoms with Crippen molar-refractivity contribution in [2.24, 2.45) is 0 Å². The van der Waals surface area contributed by atoms with Crippen LogP contribution in [0.15, 0.2) is 58.0 Å². The number of hydrogen-bond acceptors (Lipinski definition) is 4. The zero-order valence-corrected chi connectivity index (χ0v) is 16.2. The third kappa shape index (κ3) is 3.39. The fraction of sp³-hybridized carbons (Fsp3) is 0.125. The number of rotatable bonds is 2. The van der Waals surface area contributed by atoms with E-state index >= 15 is 0 Å². The molecule has 0 aliphatic carbocycles. The minimum Gasteiger partial charge on any atom is -0.495 e. The summed E-state index contributed by atoms with van der Waals surface area (Å²) in [4.78, 5) is 0. The lowest BCUT2D eigenvalue weighted by Gasteiger charge is -2.02. The number of aromatic nitrogens is 4. The highest BCUT2D eigenvalue weighted by atomic mass is 79.9. The first-order valence-electron chi connectivity index (χ1n) is 6.96. The minimum absolute atomic E-state index is 0.790. The van der Waals surface area contributed by atoms with Gasteiger partial charge in [0.15, 0.2) is 0 Å². The van der Waals surface area contributed by atoms with Crippen LogP contribution >= 0.6 is 31.9 Å². The van der Waals surface area contributed by atoms with Crippen LogP contribution in [-0.2, 0) is 0 Å². The summed E-state index contributed by atoms with van der Waals surface area (Å²) in [6.07, 6.45) is 7.21. The predicted octanol–water partition coefficient (Wildman–Crippen LogP) is 4.21. The molecule has 0 spiro atoms. The van der Waals surface area contributed by atoms with E-state index in [0.29, 0.717) is 0 Å². The summed E-state index contributed by atoms with van der Waals surface area (Å²) in [5.74, 6) is 1.61. The molecule has 0 atom stereocenters. The lowest BCUT2D eigenvalue weighted by Crippen LogP contribution is -1.90. The van der Waals surface area contributed by atoms with E-state index in [1.54, 1.807) is 35.6 Å². The number of fused-ring (bicyclic) bond motifs is 2. The molecule has 0 N–H and O–H groups in total. The van der Waals surface area contributed by atoms with E-state index in [1.807, 2.05) is 36.7 Å². The van der Waals surface area contributed by atoms with E-state index in [4.69, 9.17) is 9.47 Å². The average Bonchev–Trinajstić information content (AvgIpc) is 3.23. The molecule has 0 saturated heterocycles. The van der Waals surface area contributed by atoms with Crippen LogP contribution in [0.1, 0.15) is 0 Å². The molecule has 0 aliphatic heterocycles. The lowest BCUT2D eigenvalue weighted by atomic mass is 10.4. The zero-order chi connectivity index (χ0) is 17.1. The molecule has 0 aliphatic rings. The van der Waals surface area contributed by atoms with Crippen molar-refractivity contribution < 1.29 is 9.47 Å². The molecule has 4 heterocycles. The molecule has 0 bridgehead atoms. The largest absolute Gasteiger partial charge is 0.495 e. The Hall–Kier alpha value is -2.06. The Bertz CT molecular complexity index is 980. The number of pyridine rings is 2. The Labute approximate surface area is 155 Å². The first kappa shape index (κ1) is 16.8. The van der Waals surface area contributed by atoms with E-state index in [-0.39, 0.29) is 0 Å².